The van der Waals surface area contributed by atoms with Crippen molar-refractivity contribution in [3.05, 3.63) is 70.4 Å². The molecule has 0 saturated carbocycles. The molecule has 1 fully saturated rings. The van der Waals surface area contributed by atoms with E-state index in [4.69, 9.17) is 0 Å². The van der Waals surface area contributed by atoms with Crippen molar-refractivity contribution in [1.29, 1.82) is 0 Å². The van der Waals surface area contributed by atoms with Gasteiger partial charge in [-0.15, -0.1) is 5.10 Å². The van der Waals surface area contributed by atoms with E-state index in [0.29, 0.717) is 18.5 Å². The Morgan fingerprint density at radius 1 is 1.00 bits per heavy atom. The molecular formula is C26H26N6O3. The lowest BCUT2D eigenvalue weighted by Gasteiger charge is -2.29. The highest BCUT2D eigenvalue weighted by atomic mass is 16.2. The number of aromatic nitrogens is 3. The smallest absolute Gasteiger partial charge is 0.255 e. The minimum absolute atomic E-state index is 0.182. The third-order valence-electron chi connectivity index (χ3n) is 7.27. The predicted molar refractivity (Wildman–Crippen MR) is 128 cm³/mol. The number of fused-ring (bicyclic) bond motifs is 2. The Balaban J connectivity index is 1.21. The third kappa shape index (κ3) is 3.77. The van der Waals surface area contributed by atoms with Gasteiger partial charge in [-0.3, -0.25) is 19.7 Å². The fourth-order valence-corrected chi connectivity index (χ4v) is 5.26. The highest BCUT2D eigenvalue weighted by Crippen LogP contribution is 2.30. The Bertz CT molecular complexity index is 1360. The largest absolute Gasteiger partial charge is 0.349 e. The second kappa shape index (κ2) is 8.33. The number of hydrogen-bond acceptors (Lipinski definition) is 6. The Kier molecular flexibility index (Phi) is 5.12. The molecule has 0 radical (unpaired) electrons. The zero-order valence-corrected chi connectivity index (χ0v) is 19.5. The molecule has 9 nitrogen and oxygen atoms in total. The number of aryl methyl sites for hydroxylation is 1. The quantitative estimate of drug-likeness (QED) is 0.587. The summed E-state index contributed by atoms with van der Waals surface area (Å²) < 4.78 is 1.73. The van der Waals surface area contributed by atoms with Crippen LogP contribution < -0.4 is 10.2 Å². The number of carbonyl (C=O) groups is 3. The molecule has 1 N–H and O–H groups in total. The molecule has 1 atom stereocenters. The van der Waals surface area contributed by atoms with E-state index in [1.807, 2.05) is 18.3 Å². The normalized spacial score (nSPS) is 19.6. The highest BCUT2D eigenvalue weighted by molar-refractivity contribution is 6.05. The predicted octanol–water partition coefficient (Wildman–Crippen LogP) is 2.15. The second-order valence-electron chi connectivity index (χ2n) is 9.39. The SMILES string of the molecule is CCc1ccc2c(c1)CN(c1cn(-c3ccc4c(c3)CN(C3CCC(=O)NC3=O)C4=O)nn1)CC2. The number of nitrogens with one attached hydrogen (secondary N) is 1. The summed E-state index contributed by atoms with van der Waals surface area (Å²) in [7, 11) is 0. The molecule has 3 aliphatic rings. The number of amides is 3. The molecule has 3 amide bonds. The first-order valence-corrected chi connectivity index (χ1v) is 12.1. The maximum absolute atomic E-state index is 12.9. The molecular weight excluding hydrogens is 444 g/mol. The number of piperidine rings is 1. The first-order chi connectivity index (χ1) is 17.0. The molecule has 0 aliphatic carbocycles. The lowest BCUT2D eigenvalue weighted by molar-refractivity contribution is -0.136. The monoisotopic (exact) mass is 470 g/mol. The summed E-state index contributed by atoms with van der Waals surface area (Å²) in [5.74, 6) is -0.0570. The Morgan fingerprint density at radius 2 is 1.89 bits per heavy atom. The van der Waals surface area contributed by atoms with E-state index in [1.54, 1.807) is 15.6 Å². The Hall–Kier alpha value is -4.01. The molecule has 9 heteroatoms. The van der Waals surface area contributed by atoms with Crippen molar-refractivity contribution in [3.8, 4) is 5.69 Å². The van der Waals surface area contributed by atoms with Gasteiger partial charge in [-0.2, -0.15) is 0 Å². The Labute approximate surface area is 202 Å². The number of hydrogen-bond donors (Lipinski definition) is 1. The van der Waals surface area contributed by atoms with Gasteiger partial charge in [0.2, 0.25) is 11.8 Å². The summed E-state index contributed by atoms with van der Waals surface area (Å²) in [5.41, 5.74) is 6.32. The van der Waals surface area contributed by atoms with Gasteiger partial charge in [-0.25, -0.2) is 4.68 Å². The highest BCUT2D eigenvalue weighted by Gasteiger charge is 2.39. The zero-order chi connectivity index (χ0) is 24.1. The number of benzene rings is 2. The van der Waals surface area contributed by atoms with Crippen LogP contribution in [0.3, 0.4) is 0 Å². The summed E-state index contributed by atoms with van der Waals surface area (Å²) >= 11 is 0. The molecule has 0 spiro atoms. The van der Waals surface area contributed by atoms with E-state index in [2.05, 4.69) is 45.7 Å². The van der Waals surface area contributed by atoms with E-state index >= 15 is 0 Å². The standard InChI is InChI=1S/C26H26N6O3/c1-2-16-3-4-17-9-10-30(13-18(17)11-16)23-15-32(29-28-23)20-5-6-21-19(12-20)14-31(26(21)35)22-7-8-24(33)27-25(22)34/h3-6,11-12,15,22H,2,7-10,13-14H2,1H3,(H,27,33,34). The van der Waals surface area contributed by atoms with Crippen molar-refractivity contribution < 1.29 is 14.4 Å². The molecule has 6 rings (SSSR count). The summed E-state index contributed by atoms with van der Waals surface area (Å²) in [6, 6.07) is 11.7. The van der Waals surface area contributed by atoms with Crippen molar-refractivity contribution in [2.45, 2.75) is 51.7 Å². The molecule has 35 heavy (non-hydrogen) atoms. The van der Waals surface area contributed by atoms with Crippen LogP contribution in [0.15, 0.2) is 42.6 Å². The molecule has 0 bridgehead atoms. The fraction of sp³-hybridized carbons (Fsp3) is 0.346. The zero-order valence-electron chi connectivity index (χ0n) is 19.5. The molecule has 1 saturated heterocycles. The lowest BCUT2D eigenvalue weighted by Crippen LogP contribution is -2.52. The van der Waals surface area contributed by atoms with Crippen LogP contribution in [0.1, 0.15) is 52.4 Å². The van der Waals surface area contributed by atoms with Crippen molar-refractivity contribution in [2.75, 3.05) is 11.4 Å². The van der Waals surface area contributed by atoms with Gasteiger partial charge in [0.1, 0.15) is 6.04 Å². The van der Waals surface area contributed by atoms with Gasteiger partial charge in [0.05, 0.1) is 11.9 Å². The van der Waals surface area contributed by atoms with Crippen molar-refractivity contribution in [1.82, 2.24) is 25.2 Å². The van der Waals surface area contributed by atoms with Gasteiger partial charge >= 0.3 is 0 Å². The lowest BCUT2D eigenvalue weighted by atomic mass is 9.97. The van der Waals surface area contributed by atoms with Gasteiger partial charge in [-0.05, 0) is 59.7 Å². The maximum atomic E-state index is 12.9. The van der Waals surface area contributed by atoms with Crippen molar-refractivity contribution in [2.24, 2.45) is 0 Å². The van der Waals surface area contributed by atoms with Crippen LogP contribution in [0.2, 0.25) is 0 Å². The maximum Gasteiger partial charge on any atom is 0.255 e. The third-order valence-corrected chi connectivity index (χ3v) is 7.27. The van der Waals surface area contributed by atoms with Crippen molar-refractivity contribution >= 4 is 23.5 Å². The molecule has 1 aromatic heterocycles. The molecule has 178 valence electrons. The van der Waals surface area contributed by atoms with Gasteiger partial charge in [0, 0.05) is 31.6 Å². The summed E-state index contributed by atoms with van der Waals surface area (Å²) in [6.07, 6.45) is 4.51. The molecule has 4 heterocycles. The minimum Gasteiger partial charge on any atom is -0.349 e. The number of nitrogens with zero attached hydrogens (tertiary/aromatic N) is 5. The van der Waals surface area contributed by atoms with Gasteiger partial charge in [-0.1, -0.05) is 30.3 Å². The summed E-state index contributed by atoms with van der Waals surface area (Å²) in [6.45, 7) is 4.19. The van der Waals surface area contributed by atoms with Crippen molar-refractivity contribution in [3.63, 3.8) is 0 Å². The van der Waals surface area contributed by atoms with Crippen LogP contribution in [0, 0.1) is 0 Å². The van der Waals surface area contributed by atoms with Gasteiger partial charge in [0.15, 0.2) is 5.82 Å². The van der Waals surface area contributed by atoms with Crippen LogP contribution in [0.4, 0.5) is 5.82 Å². The van der Waals surface area contributed by atoms with Crippen LogP contribution in [0.25, 0.3) is 5.69 Å². The first kappa shape index (κ1) is 21.5. The van der Waals surface area contributed by atoms with E-state index in [0.717, 1.165) is 43.0 Å². The molecule has 2 aromatic carbocycles. The summed E-state index contributed by atoms with van der Waals surface area (Å²) in [4.78, 5) is 40.5. The topological polar surface area (TPSA) is 100 Å². The molecule has 3 aromatic rings. The minimum atomic E-state index is -0.621. The van der Waals surface area contributed by atoms with Crippen LogP contribution in [-0.4, -0.2) is 50.2 Å². The van der Waals surface area contributed by atoms with Crippen LogP contribution >= 0.6 is 0 Å². The van der Waals surface area contributed by atoms with E-state index in [-0.39, 0.29) is 18.2 Å². The fourth-order valence-electron chi connectivity index (χ4n) is 5.26. The van der Waals surface area contributed by atoms with E-state index in [1.165, 1.54) is 16.7 Å². The molecule has 1 unspecified atom stereocenters. The van der Waals surface area contributed by atoms with Crippen LogP contribution in [-0.2, 0) is 35.5 Å². The number of imide groups is 1. The number of rotatable bonds is 4. The summed E-state index contributed by atoms with van der Waals surface area (Å²) in [5, 5.41) is 11.1. The average Bonchev–Trinajstić information content (AvgIpc) is 3.48. The van der Waals surface area contributed by atoms with Crippen LogP contribution in [0.5, 0.6) is 0 Å². The van der Waals surface area contributed by atoms with E-state index < -0.39 is 11.9 Å². The Morgan fingerprint density at radius 3 is 2.71 bits per heavy atom. The van der Waals surface area contributed by atoms with E-state index in [9.17, 15) is 14.4 Å². The average molecular weight is 471 g/mol. The molecule has 3 aliphatic heterocycles. The van der Waals surface area contributed by atoms with Gasteiger partial charge < -0.3 is 9.80 Å². The number of carbonyl (C=O) groups excluding carboxylic acids is 3. The first-order valence-electron chi connectivity index (χ1n) is 12.1. The second-order valence-corrected chi connectivity index (χ2v) is 9.39. The van der Waals surface area contributed by atoms with Gasteiger partial charge in [0.25, 0.3) is 5.91 Å². The number of anilines is 1.